The SMILES string of the molecule is Cc1cc(=O)c(OCc2cc(=O)n(C)c(=O)n2C)co1. The van der Waals surface area contributed by atoms with Gasteiger partial charge in [-0.05, 0) is 6.92 Å². The van der Waals surface area contributed by atoms with Crippen LogP contribution in [-0.4, -0.2) is 9.13 Å². The van der Waals surface area contributed by atoms with Gasteiger partial charge in [-0.1, -0.05) is 0 Å². The van der Waals surface area contributed by atoms with Gasteiger partial charge in [0.2, 0.25) is 11.2 Å². The molecule has 0 aliphatic carbocycles. The molecule has 7 heteroatoms. The van der Waals surface area contributed by atoms with E-state index in [1.165, 1.54) is 37.1 Å². The first kappa shape index (κ1) is 13.9. The fourth-order valence-corrected chi connectivity index (χ4v) is 1.67. The highest BCUT2D eigenvalue weighted by atomic mass is 16.5. The highest BCUT2D eigenvalue weighted by Crippen LogP contribution is 2.07. The standard InChI is InChI=1S/C13H14N2O5/c1-8-4-10(16)11(7-19-8)20-6-9-5-12(17)15(3)13(18)14(9)2/h4-5,7H,6H2,1-3H3. The van der Waals surface area contributed by atoms with Crippen LogP contribution in [0, 0.1) is 6.92 Å². The van der Waals surface area contributed by atoms with Gasteiger partial charge in [0.25, 0.3) is 5.56 Å². The van der Waals surface area contributed by atoms with E-state index in [9.17, 15) is 14.4 Å². The van der Waals surface area contributed by atoms with Crippen LogP contribution < -0.4 is 21.4 Å². The van der Waals surface area contributed by atoms with Crippen molar-refractivity contribution in [3.8, 4) is 5.75 Å². The number of ether oxygens (including phenoxy) is 1. The summed E-state index contributed by atoms with van der Waals surface area (Å²) < 4.78 is 12.6. The highest BCUT2D eigenvalue weighted by molar-refractivity contribution is 5.17. The van der Waals surface area contributed by atoms with E-state index in [0.29, 0.717) is 11.5 Å². The Hall–Kier alpha value is -2.57. The van der Waals surface area contributed by atoms with Gasteiger partial charge in [0.1, 0.15) is 18.6 Å². The summed E-state index contributed by atoms with van der Waals surface area (Å²) in [7, 11) is 2.92. The zero-order valence-corrected chi connectivity index (χ0v) is 11.4. The molecule has 0 unspecified atom stereocenters. The van der Waals surface area contributed by atoms with Crippen molar-refractivity contribution in [2.45, 2.75) is 13.5 Å². The Bertz CT molecular complexity index is 813. The molecule has 0 aliphatic rings. The summed E-state index contributed by atoms with van der Waals surface area (Å²) >= 11 is 0. The van der Waals surface area contributed by atoms with Gasteiger partial charge in [0.05, 0.1) is 5.69 Å². The Labute approximate surface area is 113 Å². The molecule has 2 aromatic heterocycles. The zero-order chi connectivity index (χ0) is 14.9. The van der Waals surface area contributed by atoms with Crippen molar-refractivity contribution in [1.82, 2.24) is 9.13 Å². The molecule has 7 nitrogen and oxygen atoms in total. The molecular weight excluding hydrogens is 264 g/mol. The highest BCUT2D eigenvalue weighted by Gasteiger charge is 2.08. The lowest BCUT2D eigenvalue weighted by atomic mass is 10.4. The van der Waals surface area contributed by atoms with E-state index in [4.69, 9.17) is 9.15 Å². The van der Waals surface area contributed by atoms with Crippen LogP contribution in [0.5, 0.6) is 5.75 Å². The van der Waals surface area contributed by atoms with Crippen molar-refractivity contribution in [3.63, 3.8) is 0 Å². The van der Waals surface area contributed by atoms with Crippen molar-refractivity contribution >= 4 is 0 Å². The van der Waals surface area contributed by atoms with Crippen molar-refractivity contribution < 1.29 is 9.15 Å². The fourth-order valence-electron chi connectivity index (χ4n) is 1.67. The number of hydrogen-bond donors (Lipinski definition) is 0. The molecule has 0 saturated heterocycles. The van der Waals surface area contributed by atoms with Gasteiger partial charge in [-0.2, -0.15) is 0 Å². The van der Waals surface area contributed by atoms with E-state index in [1.807, 2.05) is 0 Å². The number of hydrogen-bond acceptors (Lipinski definition) is 5. The Morgan fingerprint density at radius 2 is 1.85 bits per heavy atom. The molecule has 106 valence electrons. The summed E-state index contributed by atoms with van der Waals surface area (Å²) in [5, 5.41) is 0. The summed E-state index contributed by atoms with van der Waals surface area (Å²) in [6.07, 6.45) is 1.21. The Morgan fingerprint density at radius 3 is 2.50 bits per heavy atom. The van der Waals surface area contributed by atoms with Gasteiger partial charge in [-0.15, -0.1) is 0 Å². The predicted molar refractivity (Wildman–Crippen MR) is 71.0 cm³/mol. The molecule has 0 saturated carbocycles. The van der Waals surface area contributed by atoms with Crippen LogP contribution in [0.2, 0.25) is 0 Å². The van der Waals surface area contributed by atoms with E-state index < -0.39 is 11.2 Å². The first-order valence-corrected chi connectivity index (χ1v) is 5.88. The van der Waals surface area contributed by atoms with E-state index >= 15 is 0 Å². The van der Waals surface area contributed by atoms with Gasteiger partial charge >= 0.3 is 5.69 Å². The Kier molecular flexibility index (Phi) is 3.60. The lowest BCUT2D eigenvalue weighted by Crippen LogP contribution is -2.38. The second kappa shape index (κ2) is 5.20. The minimum atomic E-state index is -0.452. The van der Waals surface area contributed by atoms with Crippen LogP contribution in [0.25, 0.3) is 0 Å². The molecule has 0 atom stereocenters. The molecule has 20 heavy (non-hydrogen) atoms. The summed E-state index contributed by atoms with van der Waals surface area (Å²) in [6, 6.07) is 2.59. The molecule has 0 N–H and O–H groups in total. The average molecular weight is 278 g/mol. The van der Waals surface area contributed by atoms with E-state index in [2.05, 4.69) is 0 Å². The monoisotopic (exact) mass is 278 g/mol. The maximum atomic E-state index is 11.7. The second-order valence-corrected chi connectivity index (χ2v) is 4.38. The van der Waals surface area contributed by atoms with Crippen LogP contribution >= 0.6 is 0 Å². The number of aryl methyl sites for hydroxylation is 1. The van der Waals surface area contributed by atoms with Crippen molar-refractivity contribution in [1.29, 1.82) is 0 Å². The molecular formula is C13H14N2O5. The van der Waals surface area contributed by atoms with Gasteiger partial charge < -0.3 is 9.15 Å². The minimum absolute atomic E-state index is 0.0312. The lowest BCUT2D eigenvalue weighted by Gasteiger charge is -2.10. The maximum Gasteiger partial charge on any atom is 0.330 e. The van der Waals surface area contributed by atoms with Crippen LogP contribution in [-0.2, 0) is 20.7 Å². The largest absolute Gasteiger partial charge is 0.480 e. The van der Waals surface area contributed by atoms with Crippen LogP contribution in [0.3, 0.4) is 0 Å². The first-order valence-electron chi connectivity index (χ1n) is 5.88. The molecule has 0 bridgehead atoms. The molecule has 2 rings (SSSR count). The predicted octanol–water partition coefficient (Wildman–Crippen LogP) is -0.0754. The Morgan fingerprint density at radius 1 is 1.15 bits per heavy atom. The molecule has 2 heterocycles. The third kappa shape index (κ3) is 2.56. The zero-order valence-electron chi connectivity index (χ0n) is 11.4. The fraction of sp³-hybridized carbons (Fsp3) is 0.308. The third-order valence-electron chi connectivity index (χ3n) is 2.93. The normalized spacial score (nSPS) is 10.6. The quantitative estimate of drug-likeness (QED) is 0.784. The maximum absolute atomic E-state index is 11.7. The Balaban J connectivity index is 2.30. The summed E-state index contributed by atoms with van der Waals surface area (Å²) in [6.45, 7) is 1.57. The average Bonchev–Trinajstić information content (AvgIpc) is 2.40. The van der Waals surface area contributed by atoms with Gasteiger partial charge in [0.15, 0.2) is 0 Å². The first-order chi connectivity index (χ1) is 9.40. The summed E-state index contributed by atoms with van der Waals surface area (Å²) in [4.78, 5) is 34.9. The molecule has 0 spiro atoms. The van der Waals surface area contributed by atoms with Crippen LogP contribution in [0.4, 0.5) is 0 Å². The van der Waals surface area contributed by atoms with Crippen LogP contribution in [0.15, 0.2) is 37.2 Å². The molecule has 0 aliphatic heterocycles. The van der Waals surface area contributed by atoms with Crippen molar-refractivity contribution in [2.75, 3.05) is 0 Å². The van der Waals surface area contributed by atoms with Crippen molar-refractivity contribution in [3.05, 3.63) is 60.9 Å². The number of nitrogens with zero attached hydrogens (tertiary/aromatic N) is 2. The van der Waals surface area contributed by atoms with Gasteiger partial charge in [-0.25, -0.2) is 4.79 Å². The summed E-state index contributed by atoms with van der Waals surface area (Å²) in [5.41, 5.74) is -0.824. The molecule has 2 aromatic rings. The second-order valence-electron chi connectivity index (χ2n) is 4.38. The van der Waals surface area contributed by atoms with E-state index in [0.717, 1.165) is 4.57 Å². The third-order valence-corrected chi connectivity index (χ3v) is 2.93. The molecule has 0 amide bonds. The topological polar surface area (TPSA) is 83.4 Å². The molecule has 0 fully saturated rings. The van der Waals surface area contributed by atoms with Crippen LogP contribution in [0.1, 0.15) is 11.5 Å². The molecule has 0 aromatic carbocycles. The van der Waals surface area contributed by atoms with E-state index in [-0.39, 0.29) is 17.8 Å². The lowest BCUT2D eigenvalue weighted by molar-refractivity contribution is 0.279. The molecule has 0 radical (unpaired) electrons. The van der Waals surface area contributed by atoms with Gasteiger partial charge in [0, 0.05) is 26.2 Å². The van der Waals surface area contributed by atoms with Crippen molar-refractivity contribution in [2.24, 2.45) is 14.1 Å². The van der Waals surface area contributed by atoms with Gasteiger partial charge in [-0.3, -0.25) is 18.7 Å². The number of rotatable bonds is 3. The summed E-state index contributed by atoms with van der Waals surface area (Å²) in [5.74, 6) is 0.507. The minimum Gasteiger partial charge on any atom is -0.480 e. The smallest absolute Gasteiger partial charge is 0.330 e. The number of aromatic nitrogens is 2. The van der Waals surface area contributed by atoms with E-state index in [1.54, 1.807) is 6.92 Å².